The SMILES string of the molecule is O=S(=O)(N1CCC(CO)CC1)N1Cc2ccccc2C1. The lowest BCUT2D eigenvalue weighted by Gasteiger charge is -2.32. The third-order valence-corrected chi connectivity index (χ3v) is 6.22. The molecule has 0 aromatic heterocycles. The number of hydrogen-bond donors (Lipinski definition) is 1. The van der Waals surface area contributed by atoms with Gasteiger partial charge in [-0.05, 0) is 29.9 Å². The van der Waals surface area contributed by atoms with E-state index < -0.39 is 10.2 Å². The van der Waals surface area contributed by atoms with Crippen LogP contribution >= 0.6 is 0 Å². The maximum atomic E-state index is 12.6. The van der Waals surface area contributed by atoms with E-state index in [-0.39, 0.29) is 12.5 Å². The minimum absolute atomic E-state index is 0.156. The van der Waals surface area contributed by atoms with Crippen LogP contribution in [0.15, 0.2) is 24.3 Å². The third kappa shape index (κ3) is 2.48. The van der Waals surface area contributed by atoms with Crippen molar-refractivity contribution in [3.63, 3.8) is 0 Å². The zero-order valence-electron chi connectivity index (χ0n) is 11.4. The Morgan fingerprint density at radius 1 is 1.05 bits per heavy atom. The van der Waals surface area contributed by atoms with Gasteiger partial charge < -0.3 is 5.11 Å². The lowest BCUT2D eigenvalue weighted by atomic mass is 10.00. The van der Waals surface area contributed by atoms with Crippen LogP contribution in [0.3, 0.4) is 0 Å². The molecule has 2 heterocycles. The first-order valence-corrected chi connectivity index (χ1v) is 8.44. The van der Waals surface area contributed by atoms with E-state index in [1.807, 2.05) is 24.3 Å². The summed E-state index contributed by atoms with van der Waals surface area (Å²) < 4.78 is 28.4. The van der Waals surface area contributed by atoms with Gasteiger partial charge in [0.1, 0.15) is 0 Å². The molecule has 20 heavy (non-hydrogen) atoms. The Morgan fingerprint density at radius 2 is 1.60 bits per heavy atom. The Morgan fingerprint density at radius 3 is 2.10 bits per heavy atom. The molecule has 2 aliphatic heterocycles. The van der Waals surface area contributed by atoms with Crippen LogP contribution in [-0.2, 0) is 23.3 Å². The lowest BCUT2D eigenvalue weighted by Crippen LogP contribution is -2.45. The normalized spacial score (nSPS) is 22.1. The second-order valence-corrected chi connectivity index (χ2v) is 7.50. The van der Waals surface area contributed by atoms with Gasteiger partial charge in [0.15, 0.2) is 0 Å². The van der Waals surface area contributed by atoms with Gasteiger partial charge in [0.25, 0.3) is 10.2 Å². The van der Waals surface area contributed by atoms with Crippen LogP contribution in [0.25, 0.3) is 0 Å². The molecule has 6 heteroatoms. The van der Waals surface area contributed by atoms with E-state index in [1.165, 1.54) is 0 Å². The molecule has 110 valence electrons. The average molecular weight is 296 g/mol. The molecular weight excluding hydrogens is 276 g/mol. The van der Waals surface area contributed by atoms with E-state index in [9.17, 15) is 8.42 Å². The van der Waals surface area contributed by atoms with Crippen LogP contribution in [0, 0.1) is 5.92 Å². The summed E-state index contributed by atoms with van der Waals surface area (Å²) in [7, 11) is -3.38. The molecule has 0 aliphatic carbocycles. The second kappa shape index (κ2) is 5.44. The fourth-order valence-electron chi connectivity index (χ4n) is 2.95. The van der Waals surface area contributed by atoms with E-state index in [1.54, 1.807) is 8.61 Å². The molecule has 0 atom stereocenters. The minimum Gasteiger partial charge on any atom is -0.396 e. The van der Waals surface area contributed by atoms with Gasteiger partial charge in [-0.3, -0.25) is 0 Å². The van der Waals surface area contributed by atoms with Crippen molar-refractivity contribution in [3.05, 3.63) is 35.4 Å². The molecule has 1 aromatic carbocycles. The van der Waals surface area contributed by atoms with Crippen LogP contribution in [0.2, 0.25) is 0 Å². The van der Waals surface area contributed by atoms with Gasteiger partial charge in [0, 0.05) is 32.8 Å². The fraction of sp³-hybridized carbons (Fsp3) is 0.571. The summed E-state index contributed by atoms with van der Waals surface area (Å²) in [5.74, 6) is 0.247. The Hall–Kier alpha value is -0.950. The first kappa shape index (κ1) is 14.0. The maximum absolute atomic E-state index is 12.6. The molecule has 1 fully saturated rings. The predicted molar refractivity (Wildman–Crippen MR) is 76.0 cm³/mol. The Labute approximate surface area is 120 Å². The Kier molecular flexibility index (Phi) is 3.81. The number of hydrogen-bond acceptors (Lipinski definition) is 3. The van der Waals surface area contributed by atoms with Crippen LogP contribution < -0.4 is 0 Å². The van der Waals surface area contributed by atoms with E-state index in [0.717, 1.165) is 24.0 Å². The summed E-state index contributed by atoms with van der Waals surface area (Å²) in [6, 6.07) is 7.87. The summed E-state index contributed by atoms with van der Waals surface area (Å²) in [5.41, 5.74) is 2.20. The smallest absolute Gasteiger partial charge is 0.282 e. The molecule has 0 saturated carbocycles. The molecule has 5 nitrogen and oxygen atoms in total. The lowest BCUT2D eigenvalue weighted by molar-refractivity contribution is 0.166. The Balaban J connectivity index is 1.72. The van der Waals surface area contributed by atoms with Crippen LogP contribution in [-0.4, -0.2) is 41.8 Å². The molecule has 1 saturated heterocycles. The van der Waals surface area contributed by atoms with Gasteiger partial charge in [-0.1, -0.05) is 24.3 Å². The topological polar surface area (TPSA) is 60.9 Å². The average Bonchev–Trinajstić information content (AvgIpc) is 2.92. The monoisotopic (exact) mass is 296 g/mol. The zero-order valence-corrected chi connectivity index (χ0v) is 12.2. The minimum atomic E-state index is -3.38. The molecule has 0 bridgehead atoms. The number of aliphatic hydroxyl groups excluding tert-OH is 1. The number of fused-ring (bicyclic) bond motifs is 1. The quantitative estimate of drug-likeness (QED) is 0.903. The van der Waals surface area contributed by atoms with Gasteiger partial charge >= 0.3 is 0 Å². The molecule has 1 aromatic rings. The summed E-state index contributed by atoms with van der Waals surface area (Å²) >= 11 is 0. The van der Waals surface area contributed by atoms with E-state index in [4.69, 9.17) is 5.11 Å². The van der Waals surface area contributed by atoms with Crippen molar-refractivity contribution in [2.45, 2.75) is 25.9 Å². The highest BCUT2D eigenvalue weighted by Crippen LogP contribution is 2.28. The van der Waals surface area contributed by atoms with Crippen LogP contribution in [0.4, 0.5) is 0 Å². The summed E-state index contributed by atoms with van der Waals surface area (Å²) in [5, 5.41) is 9.13. The number of benzene rings is 1. The van der Waals surface area contributed by atoms with E-state index >= 15 is 0 Å². The summed E-state index contributed by atoms with van der Waals surface area (Å²) in [4.78, 5) is 0. The van der Waals surface area contributed by atoms with Crippen LogP contribution in [0.1, 0.15) is 24.0 Å². The maximum Gasteiger partial charge on any atom is 0.282 e. The van der Waals surface area contributed by atoms with Crippen molar-refractivity contribution in [1.29, 1.82) is 0 Å². The highest BCUT2D eigenvalue weighted by Gasteiger charge is 2.35. The molecule has 2 aliphatic rings. The molecule has 0 unspecified atom stereocenters. The van der Waals surface area contributed by atoms with E-state index in [2.05, 4.69) is 0 Å². The van der Waals surface area contributed by atoms with Gasteiger partial charge in [0.2, 0.25) is 0 Å². The van der Waals surface area contributed by atoms with Crippen molar-refractivity contribution in [2.24, 2.45) is 5.92 Å². The van der Waals surface area contributed by atoms with E-state index in [0.29, 0.717) is 26.2 Å². The largest absolute Gasteiger partial charge is 0.396 e. The van der Waals surface area contributed by atoms with Crippen molar-refractivity contribution < 1.29 is 13.5 Å². The van der Waals surface area contributed by atoms with Gasteiger partial charge in [-0.15, -0.1) is 0 Å². The Bertz CT molecular complexity index is 555. The number of rotatable bonds is 3. The fourth-order valence-corrected chi connectivity index (χ4v) is 4.55. The third-order valence-electron chi connectivity index (χ3n) is 4.30. The van der Waals surface area contributed by atoms with Crippen molar-refractivity contribution in [3.8, 4) is 0 Å². The number of aliphatic hydroxyl groups is 1. The highest BCUT2D eigenvalue weighted by molar-refractivity contribution is 7.86. The first-order valence-electron chi connectivity index (χ1n) is 7.04. The van der Waals surface area contributed by atoms with Crippen molar-refractivity contribution in [2.75, 3.05) is 19.7 Å². The standard InChI is InChI=1S/C14H20N2O3S/c17-11-12-5-7-15(8-6-12)20(18,19)16-9-13-3-1-2-4-14(13)10-16/h1-4,12,17H,5-11H2. The predicted octanol–water partition coefficient (Wildman–Crippen LogP) is 0.951. The van der Waals surface area contributed by atoms with Gasteiger partial charge in [-0.25, -0.2) is 0 Å². The molecule has 3 rings (SSSR count). The van der Waals surface area contributed by atoms with Crippen molar-refractivity contribution in [1.82, 2.24) is 8.61 Å². The zero-order chi connectivity index (χ0) is 14.2. The van der Waals surface area contributed by atoms with Gasteiger partial charge in [0.05, 0.1) is 0 Å². The van der Waals surface area contributed by atoms with Crippen LogP contribution in [0.5, 0.6) is 0 Å². The van der Waals surface area contributed by atoms with Gasteiger partial charge in [-0.2, -0.15) is 17.0 Å². The summed E-state index contributed by atoms with van der Waals surface area (Å²) in [6.07, 6.45) is 1.49. The van der Waals surface area contributed by atoms with Crippen molar-refractivity contribution >= 4 is 10.2 Å². The molecule has 0 spiro atoms. The first-order chi connectivity index (χ1) is 9.61. The molecular formula is C14H20N2O3S. The highest BCUT2D eigenvalue weighted by atomic mass is 32.2. The number of nitrogens with zero attached hydrogens (tertiary/aromatic N) is 2. The molecule has 1 N–H and O–H groups in total. The second-order valence-electron chi connectivity index (χ2n) is 5.57. The molecule has 0 amide bonds. The summed E-state index contributed by atoms with van der Waals surface area (Å²) in [6.45, 7) is 2.13. The number of piperidine rings is 1. The molecule has 0 radical (unpaired) electrons.